The molecule has 0 radical (unpaired) electrons. The minimum atomic E-state index is -1.19. The maximum absolute atomic E-state index is 12.9. The second-order valence-electron chi connectivity index (χ2n) is 7.81. The Morgan fingerprint density at radius 3 is 2.14 bits per heavy atom. The van der Waals surface area contributed by atoms with E-state index in [0.29, 0.717) is 16.9 Å². The first-order chi connectivity index (χ1) is 16.7. The van der Waals surface area contributed by atoms with E-state index in [1.165, 1.54) is 30.8 Å². The number of nitrogens with zero attached hydrogens (tertiary/aromatic N) is 1. The number of hydrogen-bond acceptors (Lipinski definition) is 6. The molecule has 1 aliphatic rings. The Morgan fingerprint density at radius 2 is 1.54 bits per heavy atom. The molecule has 1 heterocycles. The SMILES string of the molecule is CC(=O)c1ccc(N2C(=O)CC(Sc3ccc(NC(=O)c4ccccc4C(=O)O)cc3)C2=O)cc1. The number of carboxylic acid groups (broad SMARTS) is 1. The van der Waals surface area contributed by atoms with Crippen LogP contribution in [0.15, 0.2) is 77.7 Å². The molecule has 1 saturated heterocycles. The van der Waals surface area contributed by atoms with Gasteiger partial charge in [-0.25, -0.2) is 9.69 Å². The quantitative estimate of drug-likeness (QED) is 0.376. The van der Waals surface area contributed by atoms with E-state index < -0.39 is 17.1 Å². The number of thioether (sulfide) groups is 1. The van der Waals surface area contributed by atoms with Crippen LogP contribution in [0.3, 0.4) is 0 Å². The van der Waals surface area contributed by atoms with Crippen molar-refractivity contribution in [2.24, 2.45) is 0 Å². The number of benzene rings is 3. The lowest BCUT2D eigenvalue weighted by atomic mass is 10.1. The van der Waals surface area contributed by atoms with Gasteiger partial charge in [0.2, 0.25) is 11.8 Å². The zero-order chi connectivity index (χ0) is 25.1. The molecule has 176 valence electrons. The van der Waals surface area contributed by atoms with Gasteiger partial charge < -0.3 is 10.4 Å². The summed E-state index contributed by atoms with van der Waals surface area (Å²) in [5.41, 5.74) is 1.33. The number of carbonyl (C=O) groups is 5. The van der Waals surface area contributed by atoms with Crippen molar-refractivity contribution in [2.45, 2.75) is 23.5 Å². The van der Waals surface area contributed by atoms with Crippen molar-refractivity contribution in [3.05, 3.63) is 89.5 Å². The van der Waals surface area contributed by atoms with Crippen molar-refractivity contribution in [3.63, 3.8) is 0 Å². The van der Waals surface area contributed by atoms with Crippen LogP contribution in [-0.4, -0.2) is 39.8 Å². The summed E-state index contributed by atoms with van der Waals surface area (Å²) < 4.78 is 0. The number of ketones is 1. The minimum Gasteiger partial charge on any atom is -0.478 e. The van der Waals surface area contributed by atoms with Crippen molar-refractivity contribution in [1.82, 2.24) is 0 Å². The average molecular weight is 489 g/mol. The number of carbonyl (C=O) groups excluding carboxylic acids is 4. The zero-order valence-corrected chi connectivity index (χ0v) is 19.4. The van der Waals surface area contributed by atoms with Crippen LogP contribution in [0.2, 0.25) is 0 Å². The standard InChI is InChI=1S/C26H20N2O6S/c1-15(29)16-6-10-18(11-7-16)28-23(30)14-22(25(28)32)35-19-12-8-17(9-13-19)27-24(31)20-4-2-3-5-21(20)26(33)34/h2-13,22H,14H2,1H3,(H,27,31)(H,33,34). The monoisotopic (exact) mass is 488 g/mol. The second-order valence-corrected chi connectivity index (χ2v) is 9.09. The Kier molecular flexibility index (Phi) is 6.79. The van der Waals surface area contributed by atoms with Crippen LogP contribution in [0.1, 0.15) is 44.4 Å². The third-order valence-electron chi connectivity index (χ3n) is 5.43. The summed E-state index contributed by atoms with van der Waals surface area (Å²) in [5.74, 6) is -2.49. The number of anilines is 2. The van der Waals surface area contributed by atoms with E-state index in [-0.39, 0.29) is 35.1 Å². The van der Waals surface area contributed by atoms with Gasteiger partial charge >= 0.3 is 5.97 Å². The number of imide groups is 1. The molecule has 9 heteroatoms. The van der Waals surface area contributed by atoms with Gasteiger partial charge in [-0.15, -0.1) is 11.8 Å². The van der Waals surface area contributed by atoms with Gasteiger partial charge in [0, 0.05) is 22.6 Å². The van der Waals surface area contributed by atoms with Gasteiger partial charge in [-0.05, 0) is 67.6 Å². The molecule has 3 amide bonds. The summed E-state index contributed by atoms with van der Waals surface area (Å²) in [5, 5.41) is 11.3. The second kappa shape index (κ2) is 9.94. The van der Waals surface area contributed by atoms with Gasteiger partial charge in [0.25, 0.3) is 5.91 Å². The molecule has 35 heavy (non-hydrogen) atoms. The Hall–Kier alpha value is -4.24. The molecule has 1 unspecified atom stereocenters. The molecule has 2 N–H and O–H groups in total. The number of Topliss-reactive ketones (excluding diaryl/α,β-unsaturated/α-hetero) is 1. The molecule has 4 rings (SSSR count). The summed E-state index contributed by atoms with van der Waals surface area (Å²) in [4.78, 5) is 62.6. The number of rotatable bonds is 7. The molecule has 1 atom stereocenters. The highest BCUT2D eigenvalue weighted by Crippen LogP contribution is 2.34. The molecule has 0 bridgehead atoms. The third kappa shape index (κ3) is 5.15. The lowest BCUT2D eigenvalue weighted by molar-refractivity contribution is -0.121. The molecule has 0 aliphatic carbocycles. The van der Waals surface area contributed by atoms with Gasteiger partial charge in [0.05, 0.1) is 22.1 Å². The lowest BCUT2D eigenvalue weighted by Gasteiger charge is -2.15. The fourth-order valence-corrected chi connectivity index (χ4v) is 4.71. The highest BCUT2D eigenvalue weighted by atomic mass is 32.2. The van der Waals surface area contributed by atoms with Gasteiger partial charge in [0.15, 0.2) is 5.78 Å². The number of nitrogens with one attached hydrogen (secondary N) is 1. The molecular formula is C26H20N2O6S. The first kappa shape index (κ1) is 23.9. The largest absolute Gasteiger partial charge is 0.478 e. The molecule has 3 aromatic carbocycles. The zero-order valence-electron chi connectivity index (χ0n) is 18.6. The summed E-state index contributed by atoms with van der Waals surface area (Å²) in [6.07, 6.45) is 0.0441. The molecular weight excluding hydrogens is 468 g/mol. The predicted molar refractivity (Wildman–Crippen MR) is 131 cm³/mol. The molecule has 1 aliphatic heterocycles. The van der Waals surface area contributed by atoms with E-state index in [1.54, 1.807) is 60.7 Å². The summed E-state index contributed by atoms with van der Waals surface area (Å²) in [7, 11) is 0. The molecule has 1 fully saturated rings. The first-order valence-corrected chi connectivity index (χ1v) is 11.5. The lowest BCUT2D eigenvalue weighted by Crippen LogP contribution is -2.31. The summed E-state index contributed by atoms with van der Waals surface area (Å²) in [6.45, 7) is 1.44. The van der Waals surface area contributed by atoms with E-state index >= 15 is 0 Å². The average Bonchev–Trinajstić information content (AvgIpc) is 3.12. The summed E-state index contributed by atoms with van der Waals surface area (Å²) in [6, 6.07) is 19.0. The topological polar surface area (TPSA) is 121 Å². The van der Waals surface area contributed by atoms with E-state index in [1.807, 2.05) is 0 Å². The van der Waals surface area contributed by atoms with E-state index in [9.17, 15) is 29.1 Å². The van der Waals surface area contributed by atoms with Crippen molar-refractivity contribution < 1.29 is 29.1 Å². The predicted octanol–water partition coefficient (Wildman–Crippen LogP) is 4.26. The third-order valence-corrected chi connectivity index (χ3v) is 6.63. The number of carboxylic acids is 1. The molecule has 0 saturated carbocycles. The van der Waals surface area contributed by atoms with Crippen molar-refractivity contribution in [3.8, 4) is 0 Å². The molecule has 0 aromatic heterocycles. The van der Waals surface area contributed by atoms with Gasteiger partial charge in [-0.3, -0.25) is 19.2 Å². The van der Waals surface area contributed by atoms with Crippen LogP contribution in [-0.2, 0) is 9.59 Å². The Bertz CT molecular complexity index is 1330. The van der Waals surface area contributed by atoms with Gasteiger partial charge in [-0.1, -0.05) is 12.1 Å². The van der Waals surface area contributed by atoms with Gasteiger partial charge in [0.1, 0.15) is 0 Å². The first-order valence-electron chi connectivity index (χ1n) is 10.6. The Morgan fingerprint density at radius 1 is 0.914 bits per heavy atom. The summed E-state index contributed by atoms with van der Waals surface area (Å²) >= 11 is 1.24. The fourth-order valence-electron chi connectivity index (χ4n) is 3.66. The van der Waals surface area contributed by atoms with Crippen LogP contribution in [0.5, 0.6) is 0 Å². The maximum Gasteiger partial charge on any atom is 0.336 e. The van der Waals surface area contributed by atoms with Crippen molar-refractivity contribution in [1.29, 1.82) is 0 Å². The maximum atomic E-state index is 12.9. The molecule has 3 aromatic rings. The van der Waals surface area contributed by atoms with Crippen LogP contribution in [0, 0.1) is 0 Å². The van der Waals surface area contributed by atoms with Crippen LogP contribution in [0.25, 0.3) is 0 Å². The normalized spacial score (nSPS) is 15.2. The smallest absolute Gasteiger partial charge is 0.336 e. The van der Waals surface area contributed by atoms with E-state index in [2.05, 4.69) is 5.32 Å². The highest BCUT2D eigenvalue weighted by Gasteiger charge is 2.40. The number of hydrogen-bond donors (Lipinski definition) is 2. The van der Waals surface area contributed by atoms with Gasteiger partial charge in [-0.2, -0.15) is 0 Å². The fraction of sp³-hybridized carbons (Fsp3) is 0.115. The van der Waals surface area contributed by atoms with Crippen molar-refractivity contribution >= 4 is 52.6 Å². The highest BCUT2D eigenvalue weighted by molar-refractivity contribution is 8.00. The van der Waals surface area contributed by atoms with Crippen LogP contribution in [0.4, 0.5) is 11.4 Å². The van der Waals surface area contributed by atoms with E-state index in [0.717, 1.165) is 9.80 Å². The number of aromatic carboxylic acids is 1. The van der Waals surface area contributed by atoms with Crippen LogP contribution < -0.4 is 10.2 Å². The minimum absolute atomic E-state index is 0.0441. The number of amides is 3. The van der Waals surface area contributed by atoms with Crippen molar-refractivity contribution in [2.75, 3.05) is 10.2 Å². The van der Waals surface area contributed by atoms with Crippen LogP contribution >= 0.6 is 11.8 Å². The molecule has 0 spiro atoms. The Labute approximate surface area is 204 Å². The molecule has 8 nitrogen and oxygen atoms in total. The Balaban J connectivity index is 1.42. The van der Waals surface area contributed by atoms with E-state index in [4.69, 9.17) is 0 Å².